The molecule has 1 aliphatic heterocycles. The first kappa shape index (κ1) is 9.15. The van der Waals surface area contributed by atoms with Gasteiger partial charge in [-0.3, -0.25) is 0 Å². The molecular weight excluding hydrogens is 215 g/mol. The summed E-state index contributed by atoms with van der Waals surface area (Å²) in [6.07, 6.45) is -0.254. The SMILES string of the molecule is Clc1cc(Cl)nc(C2COCO2)n1. The van der Waals surface area contributed by atoms with Gasteiger partial charge in [0.1, 0.15) is 23.2 Å². The molecule has 0 radical (unpaired) electrons. The van der Waals surface area contributed by atoms with Gasteiger partial charge in [-0.05, 0) is 0 Å². The van der Waals surface area contributed by atoms with E-state index >= 15 is 0 Å². The Labute approximate surface area is 84.8 Å². The second-order valence-corrected chi connectivity index (χ2v) is 3.29. The molecule has 4 nitrogen and oxygen atoms in total. The molecule has 1 aromatic heterocycles. The van der Waals surface area contributed by atoms with Crippen LogP contribution in [0.4, 0.5) is 0 Å². The number of halogens is 2. The molecule has 0 spiro atoms. The highest BCUT2D eigenvalue weighted by Gasteiger charge is 2.21. The Morgan fingerprint density at radius 2 is 2.00 bits per heavy atom. The van der Waals surface area contributed by atoms with Gasteiger partial charge in [0.25, 0.3) is 0 Å². The average Bonchev–Trinajstić information content (AvgIpc) is 2.53. The summed E-state index contributed by atoms with van der Waals surface area (Å²) < 4.78 is 10.2. The van der Waals surface area contributed by atoms with E-state index in [1.54, 1.807) is 0 Å². The van der Waals surface area contributed by atoms with Crippen molar-refractivity contribution in [2.75, 3.05) is 13.4 Å². The fourth-order valence-corrected chi connectivity index (χ4v) is 1.47. The Hall–Kier alpha value is -0.420. The van der Waals surface area contributed by atoms with Gasteiger partial charge in [-0.2, -0.15) is 0 Å². The topological polar surface area (TPSA) is 44.2 Å². The summed E-state index contributed by atoms with van der Waals surface area (Å²) in [5, 5.41) is 0.621. The minimum Gasteiger partial charge on any atom is -0.352 e. The second-order valence-electron chi connectivity index (χ2n) is 2.52. The van der Waals surface area contributed by atoms with Crippen LogP contribution < -0.4 is 0 Å². The van der Waals surface area contributed by atoms with Crippen molar-refractivity contribution in [3.63, 3.8) is 0 Å². The van der Waals surface area contributed by atoms with Crippen molar-refractivity contribution in [2.24, 2.45) is 0 Å². The lowest BCUT2D eigenvalue weighted by Crippen LogP contribution is -2.05. The Bertz CT molecular complexity index is 295. The Balaban J connectivity index is 2.28. The number of nitrogens with zero attached hydrogens (tertiary/aromatic N) is 2. The predicted molar refractivity (Wildman–Crippen MR) is 46.7 cm³/mol. The largest absolute Gasteiger partial charge is 0.352 e. The van der Waals surface area contributed by atoms with E-state index in [-0.39, 0.29) is 12.9 Å². The van der Waals surface area contributed by atoms with Gasteiger partial charge < -0.3 is 9.47 Å². The Morgan fingerprint density at radius 3 is 2.54 bits per heavy atom. The highest BCUT2D eigenvalue weighted by molar-refractivity contribution is 6.33. The van der Waals surface area contributed by atoms with E-state index in [9.17, 15) is 0 Å². The third kappa shape index (κ3) is 2.08. The van der Waals surface area contributed by atoms with E-state index in [4.69, 9.17) is 32.7 Å². The summed E-state index contributed by atoms with van der Waals surface area (Å²) >= 11 is 11.4. The predicted octanol–water partition coefficient (Wildman–Crippen LogP) is 1.83. The third-order valence-electron chi connectivity index (χ3n) is 1.59. The van der Waals surface area contributed by atoms with E-state index in [0.29, 0.717) is 22.7 Å². The van der Waals surface area contributed by atoms with E-state index < -0.39 is 0 Å². The fourth-order valence-electron chi connectivity index (χ4n) is 1.03. The van der Waals surface area contributed by atoms with E-state index in [0.717, 1.165) is 0 Å². The third-order valence-corrected chi connectivity index (χ3v) is 1.98. The fraction of sp³-hybridized carbons (Fsp3) is 0.429. The molecule has 2 heterocycles. The van der Waals surface area contributed by atoms with Crippen molar-refractivity contribution >= 4 is 23.2 Å². The van der Waals surface area contributed by atoms with Crippen LogP contribution in [0.5, 0.6) is 0 Å². The van der Waals surface area contributed by atoms with Crippen molar-refractivity contribution in [1.29, 1.82) is 0 Å². The van der Waals surface area contributed by atoms with Crippen molar-refractivity contribution in [3.05, 3.63) is 22.2 Å². The molecule has 0 N–H and O–H groups in total. The molecule has 1 saturated heterocycles. The maximum Gasteiger partial charge on any atom is 0.163 e. The van der Waals surface area contributed by atoms with Gasteiger partial charge in [-0.15, -0.1) is 0 Å². The van der Waals surface area contributed by atoms with Crippen molar-refractivity contribution < 1.29 is 9.47 Å². The summed E-state index contributed by atoms with van der Waals surface area (Å²) in [7, 11) is 0. The zero-order valence-corrected chi connectivity index (χ0v) is 8.05. The Morgan fingerprint density at radius 1 is 1.31 bits per heavy atom. The van der Waals surface area contributed by atoms with Crippen molar-refractivity contribution in [1.82, 2.24) is 9.97 Å². The first-order valence-corrected chi connectivity index (χ1v) is 4.40. The number of hydrogen-bond acceptors (Lipinski definition) is 4. The van der Waals surface area contributed by atoms with Crippen LogP contribution in [-0.4, -0.2) is 23.4 Å². The molecule has 1 aliphatic rings. The molecule has 2 rings (SSSR count). The van der Waals surface area contributed by atoms with Crippen LogP contribution in [-0.2, 0) is 9.47 Å². The van der Waals surface area contributed by atoms with Gasteiger partial charge in [0, 0.05) is 6.07 Å². The van der Waals surface area contributed by atoms with Crippen LogP contribution in [0.15, 0.2) is 6.07 Å². The number of aromatic nitrogens is 2. The second kappa shape index (κ2) is 3.75. The molecular formula is C7H6Cl2N2O2. The zero-order valence-electron chi connectivity index (χ0n) is 6.54. The maximum absolute atomic E-state index is 5.70. The standard InChI is InChI=1S/C7H6Cl2N2O2/c8-5-1-6(9)11-7(10-5)4-2-12-3-13-4/h1,4H,2-3H2. The van der Waals surface area contributed by atoms with Crippen LogP contribution in [0.25, 0.3) is 0 Å². The maximum atomic E-state index is 5.70. The van der Waals surface area contributed by atoms with E-state index in [1.807, 2.05) is 0 Å². The monoisotopic (exact) mass is 220 g/mol. The average molecular weight is 221 g/mol. The summed E-state index contributed by atoms with van der Waals surface area (Å²) in [4.78, 5) is 7.96. The molecule has 0 aliphatic carbocycles. The van der Waals surface area contributed by atoms with Crippen molar-refractivity contribution in [2.45, 2.75) is 6.10 Å². The van der Waals surface area contributed by atoms with Gasteiger partial charge in [-0.1, -0.05) is 23.2 Å². The molecule has 13 heavy (non-hydrogen) atoms. The summed E-state index contributed by atoms with van der Waals surface area (Å²) in [5.74, 6) is 0.468. The van der Waals surface area contributed by atoms with Crippen LogP contribution in [0.3, 0.4) is 0 Å². The number of hydrogen-bond donors (Lipinski definition) is 0. The van der Waals surface area contributed by atoms with Crippen LogP contribution >= 0.6 is 23.2 Å². The summed E-state index contributed by atoms with van der Waals surface area (Å²) in [5.41, 5.74) is 0. The first-order chi connectivity index (χ1) is 6.25. The van der Waals surface area contributed by atoms with E-state index in [1.165, 1.54) is 6.07 Å². The molecule has 1 unspecified atom stereocenters. The number of ether oxygens (including phenoxy) is 2. The molecule has 0 aromatic carbocycles. The van der Waals surface area contributed by atoms with E-state index in [2.05, 4.69) is 9.97 Å². The van der Waals surface area contributed by atoms with Crippen LogP contribution in [0.2, 0.25) is 10.3 Å². The van der Waals surface area contributed by atoms with Gasteiger partial charge >= 0.3 is 0 Å². The minimum absolute atomic E-state index is 0.254. The summed E-state index contributed by atoms with van der Waals surface area (Å²) in [6, 6.07) is 1.47. The molecule has 0 saturated carbocycles. The summed E-state index contributed by atoms with van der Waals surface area (Å²) in [6.45, 7) is 0.703. The quantitative estimate of drug-likeness (QED) is 0.678. The van der Waals surface area contributed by atoms with Crippen LogP contribution in [0.1, 0.15) is 11.9 Å². The molecule has 0 bridgehead atoms. The molecule has 1 fully saturated rings. The van der Waals surface area contributed by atoms with Gasteiger partial charge in [0.05, 0.1) is 6.61 Å². The molecule has 1 aromatic rings. The van der Waals surface area contributed by atoms with Crippen LogP contribution in [0, 0.1) is 0 Å². The number of rotatable bonds is 1. The first-order valence-electron chi connectivity index (χ1n) is 3.65. The Kier molecular flexibility index (Phi) is 2.64. The minimum atomic E-state index is -0.254. The lowest BCUT2D eigenvalue weighted by molar-refractivity contribution is 0.0443. The van der Waals surface area contributed by atoms with Gasteiger partial charge in [0.2, 0.25) is 0 Å². The normalized spacial score (nSPS) is 22.2. The molecule has 1 atom stereocenters. The molecule has 6 heteroatoms. The molecule has 0 amide bonds. The lowest BCUT2D eigenvalue weighted by atomic mass is 10.3. The van der Waals surface area contributed by atoms with Gasteiger partial charge in [-0.25, -0.2) is 9.97 Å². The zero-order chi connectivity index (χ0) is 9.26. The molecule has 70 valence electrons. The smallest absolute Gasteiger partial charge is 0.163 e. The van der Waals surface area contributed by atoms with Gasteiger partial charge in [0.15, 0.2) is 5.82 Å². The lowest BCUT2D eigenvalue weighted by Gasteiger charge is -2.05. The van der Waals surface area contributed by atoms with Crippen molar-refractivity contribution in [3.8, 4) is 0 Å². The highest BCUT2D eigenvalue weighted by atomic mass is 35.5. The highest BCUT2D eigenvalue weighted by Crippen LogP contribution is 2.22.